The van der Waals surface area contributed by atoms with Crippen molar-refractivity contribution in [1.29, 1.82) is 0 Å². The molecule has 1 aliphatic rings. The zero-order chi connectivity index (χ0) is 9.97. The molecule has 0 amide bonds. The van der Waals surface area contributed by atoms with Crippen LogP contribution in [0.1, 0.15) is 12.5 Å². The van der Waals surface area contributed by atoms with Gasteiger partial charge in [-0.3, -0.25) is 0 Å². The van der Waals surface area contributed by atoms with Crippen LogP contribution in [-0.4, -0.2) is 25.7 Å². The normalized spacial score (nSPS) is 22.4. The first-order valence-corrected chi connectivity index (χ1v) is 5.31. The van der Waals surface area contributed by atoms with E-state index in [1.165, 1.54) is 11.3 Å². The van der Waals surface area contributed by atoms with E-state index in [1.807, 2.05) is 0 Å². The largest absolute Gasteiger partial charge is 0.366 e. The van der Waals surface area contributed by atoms with Crippen LogP contribution in [0.15, 0.2) is 24.3 Å². The molecule has 1 aromatic rings. The molecule has 1 aliphatic heterocycles. The summed E-state index contributed by atoms with van der Waals surface area (Å²) in [5, 5.41) is 3.40. The number of anilines is 1. The molecule has 1 aromatic carbocycles. The summed E-state index contributed by atoms with van der Waals surface area (Å²) < 4.78 is 0. The predicted molar refractivity (Wildman–Crippen MR) is 60.9 cm³/mol. The summed E-state index contributed by atoms with van der Waals surface area (Å²) in [6, 6.07) is 9.41. The Hall–Kier alpha value is -1.02. The Bertz CT molecular complexity index is 292. The van der Waals surface area contributed by atoms with Crippen molar-refractivity contribution in [2.75, 3.05) is 24.5 Å². The molecule has 76 valence electrons. The van der Waals surface area contributed by atoms with Gasteiger partial charge in [0.25, 0.3) is 0 Å². The predicted octanol–water partition coefficient (Wildman–Crippen LogP) is 1.79. The van der Waals surface area contributed by atoms with E-state index in [1.54, 1.807) is 0 Å². The summed E-state index contributed by atoms with van der Waals surface area (Å²) in [5.41, 5.74) is 2.68. The molecule has 2 rings (SSSR count). The molecular formula is C12H18N2. The maximum absolute atomic E-state index is 3.40. The van der Waals surface area contributed by atoms with Crippen molar-refractivity contribution in [2.24, 2.45) is 0 Å². The van der Waals surface area contributed by atoms with Gasteiger partial charge in [-0.25, -0.2) is 0 Å². The number of hydrogen-bond acceptors (Lipinski definition) is 2. The van der Waals surface area contributed by atoms with Crippen LogP contribution in [0.2, 0.25) is 0 Å². The standard InChI is InChI=1S/C12H18N2/c1-10-3-5-12(6-4-10)14-8-7-13-9-11(14)2/h3-6,11,13H,7-9H2,1-2H3/t11-/m0/s1. The minimum atomic E-state index is 0.603. The van der Waals surface area contributed by atoms with Gasteiger partial charge in [-0.05, 0) is 26.0 Å². The van der Waals surface area contributed by atoms with Gasteiger partial charge < -0.3 is 10.2 Å². The maximum atomic E-state index is 3.40. The van der Waals surface area contributed by atoms with Gasteiger partial charge in [0.2, 0.25) is 0 Å². The van der Waals surface area contributed by atoms with E-state index in [4.69, 9.17) is 0 Å². The number of aryl methyl sites for hydroxylation is 1. The molecule has 1 atom stereocenters. The smallest absolute Gasteiger partial charge is 0.0386 e. The molecule has 2 heteroatoms. The SMILES string of the molecule is Cc1ccc(N2CCNC[C@@H]2C)cc1. The number of hydrogen-bond donors (Lipinski definition) is 1. The van der Waals surface area contributed by atoms with Crippen LogP contribution in [-0.2, 0) is 0 Å². The summed E-state index contributed by atoms with van der Waals surface area (Å²) in [4.78, 5) is 2.47. The van der Waals surface area contributed by atoms with Crippen LogP contribution in [0.5, 0.6) is 0 Å². The molecule has 1 N–H and O–H groups in total. The quantitative estimate of drug-likeness (QED) is 0.726. The Morgan fingerprint density at radius 2 is 2.00 bits per heavy atom. The zero-order valence-corrected chi connectivity index (χ0v) is 8.96. The Kier molecular flexibility index (Phi) is 2.73. The Labute approximate surface area is 85.9 Å². The molecule has 0 radical (unpaired) electrons. The third kappa shape index (κ3) is 1.90. The number of piperazine rings is 1. The lowest BCUT2D eigenvalue weighted by Gasteiger charge is -2.35. The van der Waals surface area contributed by atoms with Crippen LogP contribution in [0, 0.1) is 6.92 Å². The average molecular weight is 190 g/mol. The first kappa shape index (κ1) is 9.53. The fraction of sp³-hybridized carbons (Fsp3) is 0.500. The summed E-state index contributed by atoms with van der Waals surface area (Å²) in [7, 11) is 0. The van der Waals surface area contributed by atoms with E-state index < -0.39 is 0 Å². The van der Waals surface area contributed by atoms with Crippen molar-refractivity contribution in [3.05, 3.63) is 29.8 Å². The fourth-order valence-corrected chi connectivity index (χ4v) is 1.96. The molecule has 0 bridgehead atoms. The van der Waals surface area contributed by atoms with Gasteiger partial charge in [-0.2, -0.15) is 0 Å². The second-order valence-corrected chi connectivity index (χ2v) is 4.08. The van der Waals surface area contributed by atoms with Crippen molar-refractivity contribution in [2.45, 2.75) is 19.9 Å². The highest BCUT2D eigenvalue weighted by Gasteiger charge is 2.17. The molecule has 1 fully saturated rings. The summed E-state index contributed by atoms with van der Waals surface area (Å²) in [6.07, 6.45) is 0. The highest BCUT2D eigenvalue weighted by atomic mass is 15.2. The molecule has 2 nitrogen and oxygen atoms in total. The van der Waals surface area contributed by atoms with E-state index in [-0.39, 0.29) is 0 Å². The van der Waals surface area contributed by atoms with Crippen LogP contribution in [0.3, 0.4) is 0 Å². The molecule has 0 spiro atoms. The zero-order valence-electron chi connectivity index (χ0n) is 8.96. The number of benzene rings is 1. The maximum Gasteiger partial charge on any atom is 0.0386 e. The average Bonchev–Trinajstić information content (AvgIpc) is 2.20. The monoisotopic (exact) mass is 190 g/mol. The third-order valence-corrected chi connectivity index (χ3v) is 2.87. The molecular weight excluding hydrogens is 172 g/mol. The van der Waals surface area contributed by atoms with Gasteiger partial charge in [-0.1, -0.05) is 17.7 Å². The number of nitrogens with zero attached hydrogens (tertiary/aromatic N) is 1. The minimum absolute atomic E-state index is 0.603. The van der Waals surface area contributed by atoms with E-state index >= 15 is 0 Å². The van der Waals surface area contributed by atoms with Crippen molar-refractivity contribution in [3.63, 3.8) is 0 Å². The second kappa shape index (κ2) is 4.01. The van der Waals surface area contributed by atoms with Gasteiger partial charge >= 0.3 is 0 Å². The van der Waals surface area contributed by atoms with Crippen LogP contribution < -0.4 is 10.2 Å². The Morgan fingerprint density at radius 3 is 2.64 bits per heavy atom. The van der Waals surface area contributed by atoms with Crippen LogP contribution in [0.25, 0.3) is 0 Å². The Morgan fingerprint density at radius 1 is 1.29 bits per heavy atom. The third-order valence-electron chi connectivity index (χ3n) is 2.87. The summed E-state index contributed by atoms with van der Waals surface area (Å²) >= 11 is 0. The highest BCUT2D eigenvalue weighted by molar-refractivity contribution is 5.48. The van der Waals surface area contributed by atoms with Gasteiger partial charge in [0.15, 0.2) is 0 Å². The lowest BCUT2D eigenvalue weighted by atomic mass is 10.1. The van der Waals surface area contributed by atoms with Crippen molar-refractivity contribution in [1.82, 2.24) is 5.32 Å². The first-order valence-electron chi connectivity index (χ1n) is 5.31. The van der Waals surface area contributed by atoms with Gasteiger partial charge in [0.1, 0.15) is 0 Å². The molecule has 1 saturated heterocycles. The molecule has 0 aromatic heterocycles. The van der Waals surface area contributed by atoms with Crippen LogP contribution >= 0.6 is 0 Å². The van der Waals surface area contributed by atoms with E-state index in [0.717, 1.165) is 19.6 Å². The lowest BCUT2D eigenvalue weighted by molar-refractivity contribution is 0.501. The van der Waals surface area contributed by atoms with Crippen molar-refractivity contribution >= 4 is 5.69 Å². The van der Waals surface area contributed by atoms with Crippen molar-refractivity contribution in [3.8, 4) is 0 Å². The highest BCUT2D eigenvalue weighted by Crippen LogP contribution is 2.18. The fourth-order valence-electron chi connectivity index (χ4n) is 1.96. The van der Waals surface area contributed by atoms with Gasteiger partial charge in [-0.15, -0.1) is 0 Å². The molecule has 1 heterocycles. The molecule has 14 heavy (non-hydrogen) atoms. The molecule has 0 aliphatic carbocycles. The Balaban J connectivity index is 2.16. The first-order chi connectivity index (χ1) is 6.77. The summed E-state index contributed by atoms with van der Waals surface area (Å²) in [5.74, 6) is 0. The second-order valence-electron chi connectivity index (χ2n) is 4.08. The van der Waals surface area contributed by atoms with Gasteiger partial charge in [0.05, 0.1) is 0 Å². The van der Waals surface area contributed by atoms with Crippen LogP contribution in [0.4, 0.5) is 5.69 Å². The molecule has 0 saturated carbocycles. The van der Waals surface area contributed by atoms with Gasteiger partial charge in [0, 0.05) is 31.4 Å². The lowest BCUT2D eigenvalue weighted by Crippen LogP contribution is -2.49. The summed E-state index contributed by atoms with van der Waals surface area (Å²) in [6.45, 7) is 7.70. The van der Waals surface area contributed by atoms with E-state index in [2.05, 4.69) is 48.3 Å². The van der Waals surface area contributed by atoms with E-state index in [0.29, 0.717) is 6.04 Å². The topological polar surface area (TPSA) is 15.3 Å². The molecule has 0 unspecified atom stereocenters. The number of nitrogens with one attached hydrogen (secondary N) is 1. The number of rotatable bonds is 1. The van der Waals surface area contributed by atoms with Crippen molar-refractivity contribution < 1.29 is 0 Å². The van der Waals surface area contributed by atoms with E-state index in [9.17, 15) is 0 Å². The minimum Gasteiger partial charge on any atom is -0.366 e.